The van der Waals surface area contributed by atoms with Crippen molar-refractivity contribution < 1.29 is 22.3 Å². The molecule has 2 fully saturated rings. The maximum atomic E-state index is 13.0. The second-order valence-electron chi connectivity index (χ2n) is 9.97. The maximum Gasteiger partial charge on any atom is 0.261 e. The van der Waals surface area contributed by atoms with Crippen LogP contribution in [0.3, 0.4) is 0 Å². The molecular formula is C26H34N4O6S. The summed E-state index contributed by atoms with van der Waals surface area (Å²) >= 11 is 0. The highest BCUT2D eigenvalue weighted by atomic mass is 32.2. The third-order valence-electron chi connectivity index (χ3n) is 7.42. The first-order chi connectivity index (χ1) is 17.7. The molecule has 0 saturated carbocycles. The largest absolute Gasteiger partial charge is 0.477 e. The summed E-state index contributed by atoms with van der Waals surface area (Å²) < 4.78 is 44.6. The number of furan rings is 1. The Bertz CT molecular complexity index is 1420. The number of piperazine rings is 1. The Balaban J connectivity index is 1.40. The molecule has 3 aromatic rings. The third kappa shape index (κ3) is 5.59. The highest BCUT2D eigenvalue weighted by Gasteiger charge is 2.28. The lowest BCUT2D eigenvalue weighted by Crippen LogP contribution is -2.48. The molecule has 0 N–H and O–H groups in total. The average Bonchev–Trinajstić information content (AvgIpc) is 3.35. The van der Waals surface area contributed by atoms with E-state index in [1.165, 1.54) is 10.6 Å². The van der Waals surface area contributed by atoms with E-state index in [9.17, 15) is 13.2 Å². The third-order valence-corrected chi connectivity index (χ3v) is 8.73. The van der Waals surface area contributed by atoms with Gasteiger partial charge in [0.25, 0.3) is 5.56 Å². The molecule has 5 heterocycles. The Kier molecular flexibility index (Phi) is 7.39. The molecule has 200 valence electrons. The van der Waals surface area contributed by atoms with Crippen LogP contribution in [-0.2, 0) is 21.8 Å². The number of hydrogen-bond donors (Lipinski definition) is 0. The van der Waals surface area contributed by atoms with Gasteiger partial charge in [0.05, 0.1) is 24.3 Å². The van der Waals surface area contributed by atoms with Crippen molar-refractivity contribution in [2.45, 2.75) is 25.8 Å². The van der Waals surface area contributed by atoms with Gasteiger partial charge in [-0.15, -0.1) is 0 Å². The van der Waals surface area contributed by atoms with Gasteiger partial charge in [0.15, 0.2) is 0 Å². The van der Waals surface area contributed by atoms with Crippen molar-refractivity contribution in [3.05, 3.63) is 46.7 Å². The number of pyridine rings is 2. The first-order valence-electron chi connectivity index (χ1n) is 12.7. The fourth-order valence-corrected chi connectivity index (χ4v) is 5.88. The van der Waals surface area contributed by atoms with Gasteiger partial charge in [-0.1, -0.05) is 0 Å². The van der Waals surface area contributed by atoms with Crippen LogP contribution in [-0.4, -0.2) is 79.4 Å². The van der Waals surface area contributed by atoms with E-state index < -0.39 is 10.0 Å². The normalized spacial score (nSPS) is 19.3. The molecule has 0 amide bonds. The zero-order chi connectivity index (χ0) is 26.2. The Labute approximate surface area is 216 Å². The van der Waals surface area contributed by atoms with E-state index in [1.54, 1.807) is 24.0 Å². The predicted octanol–water partition coefficient (Wildman–Crippen LogP) is 2.64. The second kappa shape index (κ2) is 10.6. The fourth-order valence-electron chi connectivity index (χ4n) is 5.06. The molecule has 2 aliphatic heterocycles. The Morgan fingerprint density at radius 2 is 1.89 bits per heavy atom. The van der Waals surface area contributed by atoms with Crippen LogP contribution in [0.25, 0.3) is 22.1 Å². The number of aryl methyl sites for hydroxylation is 1. The number of fused-ring (bicyclic) bond motifs is 1. The van der Waals surface area contributed by atoms with E-state index in [2.05, 4.69) is 9.88 Å². The zero-order valence-electron chi connectivity index (χ0n) is 21.6. The molecule has 0 aliphatic carbocycles. The van der Waals surface area contributed by atoms with E-state index in [1.807, 2.05) is 25.1 Å². The second-order valence-corrected chi connectivity index (χ2v) is 12.0. The molecule has 1 atom stereocenters. The lowest BCUT2D eigenvalue weighted by atomic mass is 10.0. The molecular weight excluding hydrogens is 496 g/mol. The highest BCUT2D eigenvalue weighted by molar-refractivity contribution is 7.88. The van der Waals surface area contributed by atoms with Gasteiger partial charge in [-0.25, -0.2) is 13.4 Å². The SMILES string of the molecule is C[C@@H](c1cc2c(=O)n(C)cc(-c3ccnc(OCC4CCOCC4)c3)c2o1)N1CCN(S(C)(=O)=O)CC1. The highest BCUT2D eigenvalue weighted by Crippen LogP contribution is 2.34. The van der Waals surface area contributed by atoms with Gasteiger partial charge < -0.3 is 18.5 Å². The molecule has 2 saturated heterocycles. The summed E-state index contributed by atoms with van der Waals surface area (Å²) in [6, 6.07) is 5.48. The van der Waals surface area contributed by atoms with Crippen molar-refractivity contribution in [1.82, 2.24) is 18.8 Å². The van der Waals surface area contributed by atoms with Gasteiger partial charge in [-0.3, -0.25) is 9.69 Å². The van der Waals surface area contributed by atoms with Crippen LogP contribution in [0.5, 0.6) is 5.88 Å². The van der Waals surface area contributed by atoms with Crippen LogP contribution in [0, 0.1) is 5.92 Å². The first kappa shape index (κ1) is 25.9. The number of aromatic nitrogens is 2. The van der Waals surface area contributed by atoms with Gasteiger partial charge in [0, 0.05) is 70.5 Å². The summed E-state index contributed by atoms with van der Waals surface area (Å²) in [5.74, 6) is 1.67. The molecule has 37 heavy (non-hydrogen) atoms. The van der Waals surface area contributed by atoms with Crippen LogP contribution >= 0.6 is 0 Å². The minimum absolute atomic E-state index is 0.109. The predicted molar refractivity (Wildman–Crippen MR) is 140 cm³/mol. The molecule has 0 aromatic carbocycles. The number of sulfonamides is 1. The summed E-state index contributed by atoms with van der Waals surface area (Å²) in [5.41, 5.74) is 2.04. The van der Waals surface area contributed by atoms with E-state index in [0.29, 0.717) is 61.3 Å². The van der Waals surface area contributed by atoms with Crippen molar-refractivity contribution in [2.24, 2.45) is 13.0 Å². The summed E-state index contributed by atoms with van der Waals surface area (Å²) in [4.78, 5) is 19.6. The topological polar surface area (TPSA) is 107 Å². The van der Waals surface area contributed by atoms with Crippen LogP contribution < -0.4 is 10.3 Å². The molecule has 2 aliphatic rings. The van der Waals surface area contributed by atoms with Gasteiger partial charge >= 0.3 is 0 Å². The van der Waals surface area contributed by atoms with Crippen LogP contribution in [0.4, 0.5) is 0 Å². The average molecular weight is 531 g/mol. The number of rotatable bonds is 7. The number of ether oxygens (including phenoxy) is 2. The van der Waals surface area contributed by atoms with Gasteiger partial charge in [-0.2, -0.15) is 4.31 Å². The Hall–Kier alpha value is -2.73. The summed E-state index contributed by atoms with van der Waals surface area (Å²) in [6.45, 7) is 6.20. The lowest BCUT2D eigenvalue weighted by Gasteiger charge is -2.36. The maximum absolute atomic E-state index is 13.0. The molecule has 0 radical (unpaired) electrons. The molecule has 0 bridgehead atoms. The van der Waals surface area contributed by atoms with E-state index in [-0.39, 0.29) is 11.6 Å². The number of nitrogens with zero attached hydrogens (tertiary/aromatic N) is 4. The minimum atomic E-state index is -3.20. The molecule has 0 spiro atoms. The van der Waals surface area contributed by atoms with Gasteiger partial charge in [0.1, 0.15) is 11.3 Å². The van der Waals surface area contributed by atoms with Crippen molar-refractivity contribution >= 4 is 21.0 Å². The lowest BCUT2D eigenvalue weighted by molar-refractivity contribution is 0.0490. The molecule has 11 heteroatoms. The fraction of sp³-hybridized carbons (Fsp3) is 0.538. The first-order valence-corrected chi connectivity index (χ1v) is 14.5. The number of hydrogen-bond acceptors (Lipinski definition) is 8. The summed E-state index contributed by atoms with van der Waals surface area (Å²) in [5, 5.41) is 0.512. The van der Waals surface area contributed by atoms with E-state index in [0.717, 1.165) is 37.2 Å². The summed E-state index contributed by atoms with van der Waals surface area (Å²) in [7, 11) is -1.47. The van der Waals surface area contributed by atoms with Gasteiger partial charge in [0.2, 0.25) is 15.9 Å². The molecule has 3 aromatic heterocycles. The quantitative estimate of drug-likeness (QED) is 0.459. The minimum Gasteiger partial charge on any atom is -0.477 e. The van der Waals surface area contributed by atoms with Crippen molar-refractivity contribution in [3.8, 4) is 17.0 Å². The zero-order valence-corrected chi connectivity index (χ0v) is 22.4. The van der Waals surface area contributed by atoms with Crippen LogP contribution in [0.2, 0.25) is 0 Å². The summed E-state index contributed by atoms with van der Waals surface area (Å²) in [6.07, 6.45) is 6.70. The monoisotopic (exact) mass is 530 g/mol. The standard InChI is InChI=1S/C26H34N4O6S/c1-18(29-8-10-30(11-9-29)37(3,32)33)23-15-21-25(36-23)22(16-28(2)26(21)31)20-4-7-27-24(14-20)35-17-19-5-12-34-13-6-19/h4,7,14-16,18-19H,5-6,8-13,17H2,1-3H3/t18-/m0/s1. The van der Waals surface area contributed by atoms with E-state index in [4.69, 9.17) is 13.9 Å². The molecule has 10 nitrogen and oxygen atoms in total. The van der Waals surface area contributed by atoms with Crippen molar-refractivity contribution in [3.63, 3.8) is 0 Å². The van der Waals surface area contributed by atoms with Crippen molar-refractivity contribution in [2.75, 3.05) is 52.3 Å². The smallest absolute Gasteiger partial charge is 0.261 e. The molecule has 0 unspecified atom stereocenters. The molecule has 5 rings (SSSR count). The Morgan fingerprint density at radius 3 is 2.59 bits per heavy atom. The van der Waals surface area contributed by atoms with Crippen LogP contribution in [0.15, 0.2) is 39.8 Å². The van der Waals surface area contributed by atoms with E-state index >= 15 is 0 Å². The van der Waals surface area contributed by atoms with Crippen molar-refractivity contribution in [1.29, 1.82) is 0 Å². The Morgan fingerprint density at radius 1 is 1.16 bits per heavy atom. The van der Waals surface area contributed by atoms with Crippen LogP contribution in [0.1, 0.15) is 31.6 Å². The van der Waals surface area contributed by atoms with Gasteiger partial charge in [-0.05, 0) is 43.4 Å².